The number of benzene rings is 1. The molecule has 0 bridgehead atoms. The van der Waals surface area contributed by atoms with Gasteiger partial charge in [-0.1, -0.05) is 12.1 Å². The number of hydrogen-bond acceptors (Lipinski definition) is 6. The first-order valence-electron chi connectivity index (χ1n) is 8.09. The summed E-state index contributed by atoms with van der Waals surface area (Å²) < 4.78 is 14.6. The molecule has 7 nitrogen and oxygen atoms in total. The van der Waals surface area contributed by atoms with Gasteiger partial charge >= 0.3 is 0 Å². The number of nitrogen functional groups attached to an aromatic ring is 1. The third-order valence-electron chi connectivity index (χ3n) is 4.92. The van der Waals surface area contributed by atoms with E-state index in [4.69, 9.17) is 5.73 Å². The van der Waals surface area contributed by atoms with Gasteiger partial charge in [-0.15, -0.1) is 0 Å². The molecule has 0 amide bonds. The summed E-state index contributed by atoms with van der Waals surface area (Å²) in [5.41, 5.74) is 7.27. The van der Waals surface area contributed by atoms with Crippen molar-refractivity contribution in [3.8, 4) is 0 Å². The van der Waals surface area contributed by atoms with Crippen molar-refractivity contribution < 1.29 is 14.6 Å². The first kappa shape index (κ1) is 15.9. The minimum absolute atomic E-state index is 0.163. The number of anilines is 1. The molecule has 0 aliphatic heterocycles. The number of nitrogens with zero attached hydrogens (tertiary/aromatic N) is 4. The van der Waals surface area contributed by atoms with Crippen LogP contribution in [0.3, 0.4) is 0 Å². The Labute approximate surface area is 142 Å². The second-order valence-corrected chi connectivity index (χ2v) is 6.46. The molecule has 0 saturated heterocycles. The van der Waals surface area contributed by atoms with Gasteiger partial charge in [-0.2, -0.15) is 5.10 Å². The molecule has 3 aromatic rings. The van der Waals surface area contributed by atoms with Crippen molar-refractivity contribution in [2.24, 2.45) is 5.92 Å². The molecule has 4 atom stereocenters. The summed E-state index contributed by atoms with van der Waals surface area (Å²) >= 11 is 0. The molecule has 0 unspecified atom stereocenters. The molecule has 2 aromatic heterocycles. The largest absolute Gasteiger partial charge is 0.390 e. The fraction of sp³-hybridized carbons (Fsp3) is 0.353. The lowest BCUT2D eigenvalue weighted by atomic mass is 9.96. The highest BCUT2D eigenvalue weighted by Gasteiger charge is 2.43. The van der Waals surface area contributed by atoms with Crippen LogP contribution in [0.15, 0.2) is 36.8 Å². The van der Waals surface area contributed by atoms with Crippen LogP contribution in [0.1, 0.15) is 18.0 Å². The molecule has 25 heavy (non-hydrogen) atoms. The lowest BCUT2D eigenvalue weighted by Gasteiger charge is -2.17. The molecule has 1 saturated carbocycles. The summed E-state index contributed by atoms with van der Waals surface area (Å²) in [5.74, 6) is -0.134. The number of halogens is 1. The highest BCUT2D eigenvalue weighted by Crippen LogP contribution is 2.38. The SMILES string of the molecule is Nc1ncnc2c1cnn2[C@@H]1C[C@H](Cc2ccc(F)cc2)[C@@H](O)[C@H]1O. The first-order chi connectivity index (χ1) is 12.0. The Kier molecular flexibility index (Phi) is 3.85. The van der Waals surface area contributed by atoms with Crippen LogP contribution < -0.4 is 5.73 Å². The summed E-state index contributed by atoms with van der Waals surface area (Å²) in [4.78, 5) is 8.13. The number of aliphatic hydroxyl groups is 2. The number of hydrogen-bond donors (Lipinski definition) is 3. The number of aliphatic hydroxyl groups excluding tert-OH is 2. The molecular weight excluding hydrogens is 325 g/mol. The Morgan fingerprint density at radius 3 is 2.68 bits per heavy atom. The van der Waals surface area contributed by atoms with Crippen molar-refractivity contribution in [3.63, 3.8) is 0 Å². The number of aromatic nitrogens is 4. The predicted molar refractivity (Wildman–Crippen MR) is 89.0 cm³/mol. The van der Waals surface area contributed by atoms with E-state index in [1.165, 1.54) is 18.5 Å². The van der Waals surface area contributed by atoms with Gasteiger partial charge in [0.25, 0.3) is 0 Å². The zero-order chi connectivity index (χ0) is 17.6. The fourth-order valence-electron chi connectivity index (χ4n) is 3.59. The van der Waals surface area contributed by atoms with E-state index in [0.29, 0.717) is 29.7 Å². The lowest BCUT2D eigenvalue weighted by molar-refractivity contribution is 0.00517. The summed E-state index contributed by atoms with van der Waals surface area (Å²) in [5, 5.41) is 25.9. The minimum atomic E-state index is -0.968. The van der Waals surface area contributed by atoms with Crippen molar-refractivity contribution in [1.82, 2.24) is 19.7 Å². The van der Waals surface area contributed by atoms with E-state index in [1.54, 1.807) is 23.0 Å². The minimum Gasteiger partial charge on any atom is -0.390 e. The van der Waals surface area contributed by atoms with Crippen molar-refractivity contribution >= 4 is 16.9 Å². The maximum atomic E-state index is 13.0. The van der Waals surface area contributed by atoms with Gasteiger partial charge in [0.1, 0.15) is 24.1 Å². The van der Waals surface area contributed by atoms with Crippen LogP contribution in [-0.4, -0.2) is 42.2 Å². The topological polar surface area (TPSA) is 110 Å². The van der Waals surface area contributed by atoms with Gasteiger partial charge in [0.05, 0.1) is 23.7 Å². The number of nitrogens with two attached hydrogens (primary N) is 1. The molecule has 2 heterocycles. The highest BCUT2D eigenvalue weighted by atomic mass is 19.1. The Morgan fingerprint density at radius 1 is 1.16 bits per heavy atom. The summed E-state index contributed by atoms with van der Waals surface area (Å²) in [7, 11) is 0. The Bertz CT molecular complexity index is 898. The Balaban J connectivity index is 1.61. The van der Waals surface area contributed by atoms with E-state index in [2.05, 4.69) is 15.1 Å². The van der Waals surface area contributed by atoms with Gasteiger partial charge in [0.2, 0.25) is 0 Å². The smallest absolute Gasteiger partial charge is 0.163 e. The number of fused-ring (bicyclic) bond motifs is 1. The molecule has 4 N–H and O–H groups in total. The monoisotopic (exact) mass is 343 g/mol. The molecular formula is C17H18FN5O2. The fourth-order valence-corrected chi connectivity index (χ4v) is 3.59. The van der Waals surface area contributed by atoms with Crippen LogP contribution in [-0.2, 0) is 6.42 Å². The van der Waals surface area contributed by atoms with Crippen molar-refractivity contribution in [2.75, 3.05) is 5.73 Å². The molecule has 0 spiro atoms. The van der Waals surface area contributed by atoms with Gasteiger partial charge in [-0.05, 0) is 36.5 Å². The Morgan fingerprint density at radius 2 is 1.92 bits per heavy atom. The average molecular weight is 343 g/mol. The maximum Gasteiger partial charge on any atom is 0.163 e. The van der Waals surface area contributed by atoms with Gasteiger partial charge in [-0.3, -0.25) is 0 Å². The van der Waals surface area contributed by atoms with Crippen molar-refractivity contribution in [3.05, 3.63) is 48.2 Å². The van der Waals surface area contributed by atoms with Gasteiger partial charge in [0, 0.05) is 0 Å². The molecule has 4 rings (SSSR count). The zero-order valence-corrected chi connectivity index (χ0v) is 13.3. The lowest BCUT2D eigenvalue weighted by Crippen LogP contribution is -2.30. The van der Waals surface area contributed by atoms with Crippen LogP contribution >= 0.6 is 0 Å². The van der Waals surface area contributed by atoms with Crippen molar-refractivity contribution in [2.45, 2.75) is 31.1 Å². The van der Waals surface area contributed by atoms with E-state index in [0.717, 1.165) is 5.56 Å². The molecule has 1 fully saturated rings. The van der Waals surface area contributed by atoms with E-state index >= 15 is 0 Å². The second-order valence-electron chi connectivity index (χ2n) is 6.46. The third kappa shape index (κ3) is 2.73. The number of rotatable bonds is 3. The van der Waals surface area contributed by atoms with Crippen LogP contribution in [0, 0.1) is 11.7 Å². The normalized spacial score (nSPS) is 26.4. The molecule has 130 valence electrons. The molecule has 8 heteroatoms. The van der Waals surface area contributed by atoms with Crippen molar-refractivity contribution in [1.29, 1.82) is 0 Å². The van der Waals surface area contributed by atoms with Gasteiger partial charge < -0.3 is 15.9 Å². The third-order valence-corrected chi connectivity index (χ3v) is 4.92. The first-order valence-corrected chi connectivity index (χ1v) is 8.09. The standard InChI is InChI=1S/C17H18FN5O2/c18-11-3-1-9(2-4-11)5-10-6-13(15(25)14(10)24)23-17-12(7-22-23)16(19)20-8-21-17/h1-4,7-8,10,13-15,24-25H,5-6H2,(H2,19,20,21)/t10-,13+,14+,15-/m0/s1. The summed E-state index contributed by atoms with van der Waals surface area (Å²) in [6.45, 7) is 0. The van der Waals surface area contributed by atoms with Crippen LogP contribution in [0.4, 0.5) is 10.2 Å². The quantitative estimate of drug-likeness (QED) is 0.656. The molecule has 0 radical (unpaired) electrons. The zero-order valence-electron chi connectivity index (χ0n) is 13.3. The van der Waals surface area contributed by atoms with E-state index < -0.39 is 18.2 Å². The second kappa shape index (κ2) is 6.05. The molecule has 1 aliphatic rings. The van der Waals surface area contributed by atoms with Crippen LogP contribution in [0.25, 0.3) is 11.0 Å². The van der Waals surface area contributed by atoms with Gasteiger partial charge in [-0.25, -0.2) is 19.0 Å². The molecule has 1 aliphatic carbocycles. The van der Waals surface area contributed by atoms with Crippen LogP contribution in [0.2, 0.25) is 0 Å². The van der Waals surface area contributed by atoms with E-state index in [1.807, 2.05) is 0 Å². The van der Waals surface area contributed by atoms with E-state index in [9.17, 15) is 14.6 Å². The molecule has 1 aromatic carbocycles. The van der Waals surface area contributed by atoms with Gasteiger partial charge in [0.15, 0.2) is 5.65 Å². The average Bonchev–Trinajstić information content (AvgIpc) is 3.14. The Hall–Kier alpha value is -2.58. The maximum absolute atomic E-state index is 13.0. The summed E-state index contributed by atoms with van der Waals surface area (Å²) in [6, 6.07) is 5.77. The summed E-state index contributed by atoms with van der Waals surface area (Å²) in [6.07, 6.45) is 2.13. The van der Waals surface area contributed by atoms with Crippen LogP contribution in [0.5, 0.6) is 0 Å². The predicted octanol–water partition coefficient (Wildman–Crippen LogP) is 1.07. The van der Waals surface area contributed by atoms with E-state index in [-0.39, 0.29) is 11.7 Å². The highest BCUT2D eigenvalue weighted by molar-refractivity contribution is 5.84.